The highest BCUT2D eigenvalue weighted by atomic mass is 16.6. The molecule has 0 aliphatic rings. The van der Waals surface area contributed by atoms with E-state index in [1.54, 1.807) is 20.8 Å². The predicted molar refractivity (Wildman–Crippen MR) is 127 cm³/mol. The van der Waals surface area contributed by atoms with Gasteiger partial charge in [-0.15, -0.1) is 0 Å². The van der Waals surface area contributed by atoms with Crippen molar-refractivity contribution >= 4 is 17.9 Å². The number of aliphatic hydroxyl groups is 3. The van der Waals surface area contributed by atoms with E-state index in [0.29, 0.717) is 0 Å². The lowest BCUT2D eigenvalue weighted by molar-refractivity contribution is -0.147. The number of carbonyl (C=O) groups is 3. The summed E-state index contributed by atoms with van der Waals surface area (Å²) < 4.78 is 30.9. The molecule has 0 amide bonds. The Morgan fingerprint density at radius 3 is 1.22 bits per heavy atom. The zero-order valence-corrected chi connectivity index (χ0v) is 20.9. The van der Waals surface area contributed by atoms with Crippen LogP contribution in [-0.2, 0) is 42.8 Å². The van der Waals surface area contributed by atoms with Crippen molar-refractivity contribution in [2.75, 3.05) is 52.9 Å². The van der Waals surface area contributed by atoms with Gasteiger partial charge in [-0.3, -0.25) is 0 Å². The van der Waals surface area contributed by atoms with Crippen molar-refractivity contribution < 1.29 is 58.1 Å². The van der Waals surface area contributed by atoms with Crippen LogP contribution >= 0.6 is 0 Å². The van der Waals surface area contributed by atoms with E-state index in [4.69, 9.17) is 28.4 Å². The molecule has 0 aliphatic carbocycles. The quantitative estimate of drug-likeness (QED) is 0.111. The van der Waals surface area contributed by atoms with E-state index in [2.05, 4.69) is 0 Å². The summed E-state index contributed by atoms with van der Waals surface area (Å²) in [7, 11) is 0. The Bertz CT molecular complexity index is 663. The van der Waals surface area contributed by atoms with Gasteiger partial charge in [0.15, 0.2) is 0 Å². The molecule has 0 heterocycles. The van der Waals surface area contributed by atoms with Crippen molar-refractivity contribution in [3.8, 4) is 0 Å². The van der Waals surface area contributed by atoms with Crippen LogP contribution in [0.15, 0.2) is 36.5 Å². The number of ether oxygens (including phenoxy) is 6. The standard InChI is InChI=1S/C24H38O12/c1-4-7-22(28)34-13-18(25)10-31-16-21(33-12-20(27)15-36-24(30)9-6-3)17-32-11-19(26)14-35-23(29)8-5-2/h4-9,18-21,25-27H,10-17H2,1-3H3. The first-order valence-corrected chi connectivity index (χ1v) is 11.4. The first-order valence-electron chi connectivity index (χ1n) is 11.4. The first-order chi connectivity index (χ1) is 17.2. The molecule has 0 saturated heterocycles. The second-order valence-corrected chi connectivity index (χ2v) is 7.38. The molecule has 0 bridgehead atoms. The number of esters is 3. The van der Waals surface area contributed by atoms with E-state index in [1.807, 2.05) is 0 Å². The molecule has 0 aromatic heterocycles. The van der Waals surface area contributed by atoms with Gasteiger partial charge in [0.05, 0.1) is 33.0 Å². The van der Waals surface area contributed by atoms with Gasteiger partial charge < -0.3 is 43.7 Å². The fourth-order valence-electron chi connectivity index (χ4n) is 2.29. The molecule has 36 heavy (non-hydrogen) atoms. The van der Waals surface area contributed by atoms with Gasteiger partial charge in [-0.1, -0.05) is 18.2 Å². The molecular formula is C24H38O12. The second kappa shape index (κ2) is 21.7. The van der Waals surface area contributed by atoms with Gasteiger partial charge in [-0.05, 0) is 20.8 Å². The molecule has 0 radical (unpaired) electrons. The summed E-state index contributed by atoms with van der Waals surface area (Å²) in [5.74, 6) is -1.79. The molecule has 0 fully saturated rings. The number of hydrogen-bond acceptors (Lipinski definition) is 12. The second-order valence-electron chi connectivity index (χ2n) is 7.38. The number of hydrogen-bond donors (Lipinski definition) is 3. The molecule has 0 rings (SSSR count). The van der Waals surface area contributed by atoms with E-state index in [-0.39, 0.29) is 52.9 Å². The minimum Gasteiger partial charge on any atom is -0.460 e. The molecule has 3 atom stereocenters. The lowest BCUT2D eigenvalue weighted by atomic mass is 10.3. The lowest BCUT2D eigenvalue weighted by Gasteiger charge is -2.21. The molecule has 3 N–H and O–H groups in total. The van der Waals surface area contributed by atoms with Gasteiger partial charge in [-0.25, -0.2) is 14.4 Å². The topological polar surface area (TPSA) is 167 Å². The van der Waals surface area contributed by atoms with E-state index < -0.39 is 42.3 Å². The summed E-state index contributed by atoms with van der Waals surface area (Å²) in [6, 6.07) is 0. The van der Waals surface area contributed by atoms with Crippen molar-refractivity contribution in [2.24, 2.45) is 0 Å². The van der Waals surface area contributed by atoms with Crippen LogP contribution in [0.3, 0.4) is 0 Å². The number of allylic oxidation sites excluding steroid dienone is 3. The van der Waals surface area contributed by atoms with Crippen LogP contribution in [0.4, 0.5) is 0 Å². The molecular weight excluding hydrogens is 480 g/mol. The zero-order valence-electron chi connectivity index (χ0n) is 20.9. The predicted octanol–water partition coefficient (Wildman–Crippen LogP) is -0.155. The SMILES string of the molecule is CC=CC(=O)OCC(O)COCC(COCC(O)COC(=O)C=CC)OCC(O)COC(=O)C=CC. The summed E-state index contributed by atoms with van der Waals surface area (Å²) in [6.45, 7) is 3.44. The third-order valence-corrected chi connectivity index (χ3v) is 3.91. The first kappa shape index (κ1) is 33.4. The Balaban J connectivity index is 4.57. The zero-order chi connectivity index (χ0) is 27.2. The van der Waals surface area contributed by atoms with Gasteiger partial charge in [0.25, 0.3) is 0 Å². The van der Waals surface area contributed by atoms with Crippen LogP contribution in [0.5, 0.6) is 0 Å². The van der Waals surface area contributed by atoms with Crippen molar-refractivity contribution in [3.05, 3.63) is 36.5 Å². The Kier molecular flexibility index (Phi) is 20.1. The van der Waals surface area contributed by atoms with Crippen LogP contribution in [0, 0.1) is 0 Å². The number of rotatable bonds is 20. The lowest BCUT2D eigenvalue weighted by Crippen LogP contribution is -2.34. The average molecular weight is 519 g/mol. The summed E-state index contributed by atoms with van der Waals surface area (Å²) in [5, 5.41) is 29.7. The third-order valence-electron chi connectivity index (χ3n) is 3.91. The number of carbonyl (C=O) groups excluding carboxylic acids is 3. The van der Waals surface area contributed by atoms with Gasteiger partial charge in [-0.2, -0.15) is 0 Å². The maximum Gasteiger partial charge on any atom is 0.330 e. The Hall–Kier alpha value is -2.61. The Labute approximate surface area is 211 Å². The minimum absolute atomic E-state index is 0.0721. The van der Waals surface area contributed by atoms with Gasteiger partial charge in [0, 0.05) is 18.2 Å². The summed E-state index contributed by atoms with van der Waals surface area (Å²) in [6.07, 6.45) is 4.14. The van der Waals surface area contributed by atoms with Crippen molar-refractivity contribution in [1.29, 1.82) is 0 Å². The average Bonchev–Trinajstić information content (AvgIpc) is 2.83. The van der Waals surface area contributed by atoms with E-state index >= 15 is 0 Å². The molecule has 0 spiro atoms. The van der Waals surface area contributed by atoms with Gasteiger partial charge >= 0.3 is 17.9 Å². The molecule has 12 heteroatoms. The molecule has 3 unspecified atom stereocenters. The van der Waals surface area contributed by atoms with Gasteiger partial charge in [0.2, 0.25) is 0 Å². The molecule has 0 aromatic carbocycles. The van der Waals surface area contributed by atoms with Crippen LogP contribution < -0.4 is 0 Å². The van der Waals surface area contributed by atoms with Crippen molar-refractivity contribution in [3.63, 3.8) is 0 Å². The van der Waals surface area contributed by atoms with Crippen molar-refractivity contribution in [1.82, 2.24) is 0 Å². The number of aliphatic hydroxyl groups excluding tert-OH is 3. The maximum atomic E-state index is 11.3. The van der Waals surface area contributed by atoms with Crippen LogP contribution in [0.2, 0.25) is 0 Å². The van der Waals surface area contributed by atoms with E-state index in [0.717, 1.165) is 0 Å². The normalized spacial score (nSPS) is 15.2. The van der Waals surface area contributed by atoms with Crippen LogP contribution in [0.25, 0.3) is 0 Å². The highest BCUT2D eigenvalue weighted by Crippen LogP contribution is 2.02. The summed E-state index contributed by atoms with van der Waals surface area (Å²) >= 11 is 0. The largest absolute Gasteiger partial charge is 0.460 e. The molecule has 0 saturated carbocycles. The fourth-order valence-corrected chi connectivity index (χ4v) is 2.29. The van der Waals surface area contributed by atoms with Gasteiger partial charge in [0.1, 0.15) is 44.2 Å². The molecule has 12 nitrogen and oxygen atoms in total. The fraction of sp³-hybridized carbons (Fsp3) is 0.625. The third kappa shape index (κ3) is 19.7. The Morgan fingerprint density at radius 2 is 0.889 bits per heavy atom. The highest BCUT2D eigenvalue weighted by Gasteiger charge is 2.17. The minimum atomic E-state index is -1.12. The van der Waals surface area contributed by atoms with Crippen LogP contribution in [0.1, 0.15) is 20.8 Å². The molecule has 0 aliphatic heterocycles. The van der Waals surface area contributed by atoms with Crippen LogP contribution in [-0.4, -0.2) is 110 Å². The van der Waals surface area contributed by atoms with E-state index in [1.165, 1.54) is 36.5 Å². The highest BCUT2D eigenvalue weighted by molar-refractivity contribution is 5.82. The summed E-state index contributed by atoms with van der Waals surface area (Å²) in [4.78, 5) is 33.9. The summed E-state index contributed by atoms with van der Waals surface area (Å²) in [5.41, 5.74) is 0. The maximum absolute atomic E-state index is 11.3. The molecule has 0 aromatic rings. The monoisotopic (exact) mass is 518 g/mol. The van der Waals surface area contributed by atoms with Crippen molar-refractivity contribution in [2.45, 2.75) is 45.2 Å². The Morgan fingerprint density at radius 1 is 0.556 bits per heavy atom. The smallest absolute Gasteiger partial charge is 0.330 e. The molecule has 206 valence electrons. The van der Waals surface area contributed by atoms with E-state index in [9.17, 15) is 29.7 Å².